The summed E-state index contributed by atoms with van der Waals surface area (Å²) in [7, 11) is 0. The lowest BCUT2D eigenvalue weighted by molar-refractivity contribution is -0.137. The van der Waals surface area contributed by atoms with Crippen LogP contribution in [0.4, 0.5) is 33.3 Å². The number of hydrogen-bond donors (Lipinski definition) is 1. The van der Waals surface area contributed by atoms with Crippen molar-refractivity contribution >= 4 is 17.3 Å². The molecular formula is C28H26F5N3O. The van der Waals surface area contributed by atoms with E-state index in [2.05, 4.69) is 22.3 Å². The third kappa shape index (κ3) is 5.46. The summed E-state index contributed by atoms with van der Waals surface area (Å²) in [6.07, 6.45) is -3.59. The first-order valence-electron chi connectivity index (χ1n) is 12.2. The topological polar surface area (TPSA) is 35.6 Å². The quantitative estimate of drug-likeness (QED) is 0.454. The van der Waals surface area contributed by atoms with E-state index < -0.39 is 35.2 Å². The molecule has 0 bridgehead atoms. The predicted octanol–water partition coefficient (Wildman–Crippen LogP) is 5.53. The maximum Gasteiger partial charge on any atom is 0.416 e. The zero-order valence-corrected chi connectivity index (χ0v) is 19.9. The molecule has 3 aromatic carbocycles. The van der Waals surface area contributed by atoms with Gasteiger partial charge in [-0.25, -0.2) is 8.78 Å². The number of halogens is 5. The smallest absolute Gasteiger partial charge is 0.365 e. The summed E-state index contributed by atoms with van der Waals surface area (Å²) in [6, 6.07) is 16.3. The number of carbonyl (C=O) groups excluding carboxylic acids is 1. The van der Waals surface area contributed by atoms with Crippen LogP contribution in [0.3, 0.4) is 0 Å². The van der Waals surface area contributed by atoms with Gasteiger partial charge in [0.1, 0.15) is 11.6 Å². The largest absolute Gasteiger partial charge is 0.416 e. The van der Waals surface area contributed by atoms with Gasteiger partial charge in [-0.3, -0.25) is 9.69 Å². The molecule has 0 unspecified atom stereocenters. The van der Waals surface area contributed by atoms with Crippen molar-refractivity contribution in [2.24, 2.45) is 5.92 Å². The van der Waals surface area contributed by atoms with E-state index in [-0.39, 0.29) is 18.2 Å². The lowest BCUT2D eigenvalue weighted by Gasteiger charge is -2.49. The van der Waals surface area contributed by atoms with E-state index in [1.54, 1.807) is 0 Å². The molecule has 2 atom stereocenters. The van der Waals surface area contributed by atoms with Crippen molar-refractivity contribution in [3.05, 3.63) is 95.1 Å². The van der Waals surface area contributed by atoms with Crippen LogP contribution >= 0.6 is 0 Å². The summed E-state index contributed by atoms with van der Waals surface area (Å²) in [5.41, 5.74) is 1.39. The van der Waals surface area contributed by atoms with Crippen molar-refractivity contribution in [2.75, 3.05) is 36.4 Å². The first-order valence-corrected chi connectivity index (χ1v) is 12.2. The number of nitrogens with one attached hydrogen (secondary N) is 1. The Labute approximate surface area is 211 Å². The maximum absolute atomic E-state index is 14.3. The Morgan fingerprint density at radius 2 is 1.76 bits per heavy atom. The lowest BCUT2D eigenvalue weighted by Crippen LogP contribution is -2.60. The van der Waals surface area contributed by atoms with Gasteiger partial charge in [-0.05, 0) is 54.3 Å². The van der Waals surface area contributed by atoms with Crippen molar-refractivity contribution in [1.82, 2.24) is 4.90 Å². The fraction of sp³-hybridized carbons (Fsp3) is 0.321. The van der Waals surface area contributed by atoms with Crippen LogP contribution in [0.5, 0.6) is 0 Å². The monoisotopic (exact) mass is 515 g/mol. The summed E-state index contributed by atoms with van der Waals surface area (Å²) >= 11 is 0. The summed E-state index contributed by atoms with van der Waals surface area (Å²) in [5, 5.41) is 2.54. The molecule has 1 N–H and O–H groups in total. The molecule has 0 saturated carbocycles. The third-order valence-corrected chi connectivity index (χ3v) is 7.21. The van der Waals surface area contributed by atoms with Gasteiger partial charge in [0.2, 0.25) is 5.91 Å². The van der Waals surface area contributed by atoms with Crippen LogP contribution in [0.2, 0.25) is 0 Å². The fourth-order valence-electron chi connectivity index (χ4n) is 5.31. The molecule has 4 nitrogen and oxygen atoms in total. The van der Waals surface area contributed by atoms with Crippen LogP contribution in [-0.2, 0) is 23.8 Å². The molecule has 2 aliphatic heterocycles. The standard InChI is InChI=1S/C28H26F5N3O/c29-21-7-8-24(23(30)16-21)34-27(37)22-15-19-14-20(28(31,32)33)6-9-25(19)36-13-12-35(17-26(22)36)11-10-18-4-2-1-3-5-18/h1-9,14,16,22,26H,10-13,15,17H2,(H,34,37)/t22-,26-/m1/s1. The zero-order valence-electron chi connectivity index (χ0n) is 19.9. The number of anilines is 2. The third-order valence-electron chi connectivity index (χ3n) is 7.21. The van der Waals surface area contributed by atoms with E-state index >= 15 is 0 Å². The Hall–Kier alpha value is -3.46. The maximum atomic E-state index is 14.3. The van der Waals surface area contributed by atoms with Crippen LogP contribution in [0.25, 0.3) is 0 Å². The predicted molar refractivity (Wildman–Crippen MR) is 131 cm³/mol. The van der Waals surface area contributed by atoms with E-state index in [1.807, 2.05) is 23.1 Å². The minimum Gasteiger partial charge on any atom is -0.365 e. The van der Waals surface area contributed by atoms with Crippen LogP contribution in [-0.4, -0.2) is 43.0 Å². The summed E-state index contributed by atoms with van der Waals surface area (Å²) < 4.78 is 67.8. The highest BCUT2D eigenvalue weighted by Gasteiger charge is 2.42. The van der Waals surface area contributed by atoms with E-state index in [0.29, 0.717) is 37.0 Å². The number of rotatable bonds is 5. The molecular weight excluding hydrogens is 489 g/mol. The average molecular weight is 516 g/mol. The number of carbonyl (C=O) groups is 1. The van der Waals surface area contributed by atoms with Gasteiger partial charge in [-0.2, -0.15) is 13.2 Å². The number of fused-ring (bicyclic) bond motifs is 3. The van der Waals surface area contributed by atoms with E-state index in [4.69, 9.17) is 0 Å². The van der Waals surface area contributed by atoms with Crippen molar-refractivity contribution in [1.29, 1.82) is 0 Å². The van der Waals surface area contributed by atoms with Crippen molar-refractivity contribution in [2.45, 2.75) is 25.1 Å². The summed E-state index contributed by atoms with van der Waals surface area (Å²) in [5.74, 6) is -2.91. The van der Waals surface area contributed by atoms with E-state index in [0.717, 1.165) is 37.2 Å². The van der Waals surface area contributed by atoms with Crippen LogP contribution < -0.4 is 10.2 Å². The SMILES string of the molecule is O=C(Nc1ccc(F)cc1F)[C@@H]1Cc2cc(C(F)(F)F)ccc2N2CCN(CCc3ccccc3)C[C@H]12. The average Bonchev–Trinajstić information content (AvgIpc) is 2.88. The van der Waals surface area contributed by atoms with E-state index in [1.165, 1.54) is 11.6 Å². The molecule has 2 heterocycles. The summed E-state index contributed by atoms with van der Waals surface area (Å²) in [6.45, 7) is 2.56. The van der Waals surface area contributed by atoms with Crippen molar-refractivity contribution in [3.63, 3.8) is 0 Å². The van der Waals surface area contributed by atoms with Gasteiger partial charge in [0, 0.05) is 37.9 Å². The molecule has 1 saturated heterocycles. The Morgan fingerprint density at radius 1 is 0.973 bits per heavy atom. The molecule has 0 aliphatic carbocycles. The molecule has 1 fully saturated rings. The normalized spacial score (nSPS) is 19.8. The molecule has 0 radical (unpaired) electrons. The fourth-order valence-corrected chi connectivity index (χ4v) is 5.31. The van der Waals surface area contributed by atoms with Gasteiger partial charge in [-0.1, -0.05) is 30.3 Å². The second kappa shape index (κ2) is 10.1. The minimum absolute atomic E-state index is 0.0849. The minimum atomic E-state index is -4.50. The van der Waals surface area contributed by atoms with Crippen LogP contribution in [0.15, 0.2) is 66.7 Å². The second-order valence-corrected chi connectivity index (χ2v) is 9.56. The highest BCUT2D eigenvalue weighted by Crippen LogP contribution is 2.40. The Bertz CT molecular complexity index is 1280. The first kappa shape index (κ1) is 25.2. The Morgan fingerprint density at radius 3 is 2.49 bits per heavy atom. The molecule has 9 heteroatoms. The van der Waals surface area contributed by atoms with Gasteiger partial charge < -0.3 is 10.2 Å². The molecule has 2 aliphatic rings. The number of amides is 1. The van der Waals surface area contributed by atoms with Crippen LogP contribution in [0, 0.1) is 17.6 Å². The zero-order chi connectivity index (χ0) is 26.2. The highest BCUT2D eigenvalue weighted by molar-refractivity contribution is 5.94. The molecule has 1 amide bonds. The van der Waals surface area contributed by atoms with Crippen molar-refractivity contribution in [3.8, 4) is 0 Å². The Kier molecular flexibility index (Phi) is 6.90. The van der Waals surface area contributed by atoms with Gasteiger partial charge >= 0.3 is 6.18 Å². The molecule has 3 aromatic rings. The number of hydrogen-bond acceptors (Lipinski definition) is 3. The molecule has 194 valence electrons. The number of nitrogens with zero attached hydrogens (tertiary/aromatic N) is 2. The van der Waals surface area contributed by atoms with Gasteiger partial charge in [0.25, 0.3) is 0 Å². The van der Waals surface area contributed by atoms with Gasteiger partial charge in [0.05, 0.1) is 23.2 Å². The van der Waals surface area contributed by atoms with Crippen molar-refractivity contribution < 1.29 is 26.7 Å². The van der Waals surface area contributed by atoms with E-state index in [9.17, 15) is 26.7 Å². The first-order chi connectivity index (χ1) is 17.7. The number of piperazine rings is 1. The lowest BCUT2D eigenvalue weighted by atomic mass is 9.82. The molecule has 37 heavy (non-hydrogen) atoms. The summed E-state index contributed by atoms with van der Waals surface area (Å²) in [4.78, 5) is 17.7. The van der Waals surface area contributed by atoms with Gasteiger partial charge in [-0.15, -0.1) is 0 Å². The van der Waals surface area contributed by atoms with Gasteiger partial charge in [0.15, 0.2) is 0 Å². The van der Waals surface area contributed by atoms with Crippen LogP contribution in [0.1, 0.15) is 16.7 Å². The number of benzene rings is 3. The highest BCUT2D eigenvalue weighted by atomic mass is 19.4. The Balaban J connectivity index is 1.41. The molecule has 0 aromatic heterocycles. The molecule has 0 spiro atoms. The molecule has 5 rings (SSSR count). The second-order valence-electron chi connectivity index (χ2n) is 9.56. The number of alkyl halides is 3.